The second kappa shape index (κ2) is 4.72. The number of nitrogens with zero attached hydrogens (tertiary/aromatic N) is 2. The van der Waals surface area contributed by atoms with Gasteiger partial charge in [0.2, 0.25) is 5.89 Å². The number of hydrogen-bond donors (Lipinski definition) is 1. The SMILES string of the molecule is OC1CN(Cc2coc(-c3cccc(Cl)c3)n2)C1. The van der Waals surface area contributed by atoms with E-state index in [1.807, 2.05) is 24.3 Å². The van der Waals surface area contributed by atoms with E-state index in [-0.39, 0.29) is 6.10 Å². The van der Waals surface area contributed by atoms with Crippen LogP contribution in [-0.4, -0.2) is 34.2 Å². The van der Waals surface area contributed by atoms with Gasteiger partial charge in [-0.2, -0.15) is 0 Å². The van der Waals surface area contributed by atoms with Crippen LogP contribution in [0.5, 0.6) is 0 Å². The van der Waals surface area contributed by atoms with Crippen molar-refractivity contribution in [2.75, 3.05) is 13.1 Å². The summed E-state index contributed by atoms with van der Waals surface area (Å²) in [6, 6.07) is 7.42. The number of rotatable bonds is 3. The van der Waals surface area contributed by atoms with Crippen LogP contribution in [0.1, 0.15) is 5.69 Å². The molecule has 1 fully saturated rings. The fraction of sp³-hybridized carbons (Fsp3) is 0.308. The highest BCUT2D eigenvalue weighted by Gasteiger charge is 2.25. The molecule has 2 heterocycles. The number of aliphatic hydroxyl groups excluding tert-OH is 1. The van der Waals surface area contributed by atoms with Crippen LogP contribution in [0.15, 0.2) is 34.9 Å². The number of oxazole rings is 1. The number of hydrogen-bond acceptors (Lipinski definition) is 4. The Labute approximate surface area is 110 Å². The van der Waals surface area contributed by atoms with E-state index < -0.39 is 0 Å². The Morgan fingerprint density at radius 2 is 2.28 bits per heavy atom. The number of β-amino-alcohol motifs (C(OH)–C–C–N with tert-alkyl or cyclic N) is 1. The number of halogens is 1. The molecule has 1 aliphatic rings. The van der Waals surface area contributed by atoms with E-state index >= 15 is 0 Å². The molecule has 0 unspecified atom stereocenters. The summed E-state index contributed by atoms with van der Waals surface area (Å²) >= 11 is 5.93. The third kappa shape index (κ3) is 2.41. The molecule has 18 heavy (non-hydrogen) atoms. The molecular formula is C13H13ClN2O2. The van der Waals surface area contributed by atoms with Gasteiger partial charge in [0, 0.05) is 30.2 Å². The van der Waals surface area contributed by atoms with E-state index in [0.29, 0.717) is 30.5 Å². The van der Waals surface area contributed by atoms with Gasteiger partial charge in [0.1, 0.15) is 6.26 Å². The monoisotopic (exact) mass is 264 g/mol. The van der Waals surface area contributed by atoms with Gasteiger partial charge < -0.3 is 9.52 Å². The molecular weight excluding hydrogens is 252 g/mol. The smallest absolute Gasteiger partial charge is 0.226 e. The van der Waals surface area contributed by atoms with Gasteiger partial charge in [0.05, 0.1) is 11.8 Å². The molecule has 4 nitrogen and oxygen atoms in total. The Bertz CT molecular complexity index is 549. The average Bonchev–Trinajstić information content (AvgIpc) is 2.76. The lowest BCUT2D eigenvalue weighted by atomic mass is 10.1. The zero-order valence-corrected chi connectivity index (χ0v) is 10.5. The Morgan fingerprint density at radius 1 is 1.44 bits per heavy atom. The maximum atomic E-state index is 9.21. The maximum Gasteiger partial charge on any atom is 0.226 e. The highest BCUT2D eigenvalue weighted by molar-refractivity contribution is 6.30. The minimum absolute atomic E-state index is 0.190. The van der Waals surface area contributed by atoms with E-state index in [2.05, 4.69) is 9.88 Å². The molecule has 1 aromatic heterocycles. The van der Waals surface area contributed by atoms with Crippen molar-refractivity contribution >= 4 is 11.6 Å². The third-order valence-electron chi connectivity index (χ3n) is 2.95. The maximum absolute atomic E-state index is 9.21. The van der Waals surface area contributed by atoms with Crippen molar-refractivity contribution in [2.24, 2.45) is 0 Å². The molecule has 0 spiro atoms. The lowest BCUT2D eigenvalue weighted by molar-refractivity contribution is -0.00355. The topological polar surface area (TPSA) is 49.5 Å². The highest BCUT2D eigenvalue weighted by atomic mass is 35.5. The van der Waals surface area contributed by atoms with E-state index in [0.717, 1.165) is 11.3 Å². The average molecular weight is 265 g/mol. The first-order valence-electron chi connectivity index (χ1n) is 5.81. The largest absolute Gasteiger partial charge is 0.444 e. The van der Waals surface area contributed by atoms with Gasteiger partial charge >= 0.3 is 0 Å². The molecule has 1 N–H and O–H groups in total. The van der Waals surface area contributed by atoms with Crippen LogP contribution in [-0.2, 0) is 6.54 Å². The fourth-order valence-electron chi connectivity index (χ4n) is 2.03. The second-order valence-corrected chi connectivity index (χ2v) is 4.94. The first-order chi connectivity index (χ1) is 8.70. The summed E-state index contributed by atoms with van der Waals surface area (Å²) in [5.74, 6) is 0.577. The molecule has 0 aliphatic carbocycles. The Balaban J connectivity index is 1.73. The summed E-state index contributed by atoms with van der Waals surface area (Å²) in [6.45, 7) is 2.12. The summed E-state index contributed by atoms with van der Waals surface area (Å²) in [5.41, 5.74) is 1.74. The van der Waals surface area contributed by atoms with Crippen LogP contribution in [0.25, 0.3) is 11.5 Å². The van der Waals surface area contributed by atoms with E-state index in [1.165, 1.54) is 0 Å². The minimum Gasteiger partial charge on any atom is -0.444 e. The zero-order valence-electron chi connectivity index (χ0n) is 9.71. The summed E-state index contributed by atoms with van der Waals surface area (Å²) in [7, 11) is 0. The molecule has 0 saturated carbocycles. The van der Waals surface area contributed by atoms with Crippen molar-refractivity contribution in [3.63, 3.8) is 0 Å². The van der Waals surface area contributed by atoms with Crippen molar-refractivity contribution < 1.29 is 9.52 Å². The van der Waals surface area contributed by atoms with Gasteiger partial charge in [0.25, 0.3) is 0 Å². The zero-order chi connectivity index (χ0) is 12.5. The lowest BCUT2D eigenvalue weighted by Crippen LogP contribution is -2.49. The van der Waals surface area contributed by atoms with Crippen molar-refractivity contribution in [1.82, 2.24) is 9.88 Å². The van der Waals surface area contributed by atoms with Gasteiger partial charge in [-0.1, -0.05) is 17.7 Å². The van der Waals surface area contributed by atoms with Gasteiger partial charge in [-0.3, -0.25) is 4.90 Å². The lowest BCUT2D eigenvalue weighted by Gasteiger charge is -2.34. The van der Waals surface area contributed by atoms with Crippen LogP contribution >= 0.6 is 11.6 Å². The molecule has 5 heteroatoms. The first kappa shape index (κ1) is 11.7. The highest BCUT2D eigenvalue weighted by Crippen LogP contribution is 2.23. The molecule has 1 aromatic carbocycles. The van der Waals surface area contributed by atoms with E-state index in [4.69, 9.17) is 16.0 Å². The minimum atomic E-state index is -0.190. The first-order valence-corrected chi connectivity index (χ1v) is 6.19. The van der Waals surface area contributed by atoms with Gasteiger partial charge in [-0.15, -0.1) is 0 Å². The standard InChI is InChI=1S/C13H13ClN2O2/c14-10-3-1-2-9(4-10)13-15-11(8-18-13)5-16-6-12(17)7-16/h1-4,8,12,17H,5-7H2. The predicted molar refractivity (Wildman–Crippen MR) is 68.2 cm³/mol. The predicted octanol–water partition coefficient (Wildman–Crippen LogP) is 2.17. The Morgan fingerprint density at radius 3 is 3.00 bits per heavy atom. The van der Waals surface area contributed by atoms with Crippen molar-refractivity contribution in [1.29, 1.82) is 0 Å². The van der Waals surface area contributed by atoms with Crippen LogP contribution in [0.4, 0.5) is 0 Å². The molecule has 3 rings (SSSR count). The molecule has 0 bridgehead atoms. The third-order valence-corrected chi connectivity index (χ3v) is 3.18. The molecule has 94 valence electrons. The number of aromatic nitrogens is 1. The van der Waals surface area contributed by atoms with Crippen molar-refractivity contribution in [3.8, 4) is 11.5 Å². The Hall–Kier alpha value is -1.36. The van der Waals surface area contributed by atoms with E-state index in [1.54, 1.807) is 6.26 Å². The van der Waals surface area contributed by atoms with Gasteiger partial charge in [-0.05, 0) is 18.2 Å². The van der Waals surface area contributed by atoms with Crippen LogP contribution < -0.4 is 0 Å². The van der Waals surface area contributed by atoms with Crippen LogP contribution in [0, 0.1) is 0 Å². The van der Waals surface area contributed by atoms with Crippen LogP contribution in [0.3, 0.4) is 0 Å². The summed E-state index contributed by atoms with van der Waals surface area (Å²) in [4.78, 5) is 6.54. The summed E-state index contributed by atoms with van der Waals surface area (Å²) in [5, 5.41) is 9.87. The fourth-order valence-corrected chi connectivity index (χ4v) is 2.22. The number of benzene rings is 1. The van der Waals surface area contributed by atoms with Crippen molar-refractivity contribution in [2.45, 2.75) is 12.6 Å². The molecule has 0 atom stereocenters. The summed E-state index contributed by atoms with van der Waals surface area (Å²) < 4.78 is 5.44. The van der Waals surface area contributed by atoms with Gasteiger partial charge in [0.15, 0.2) is 0 Å². The molecule has 0 radical (unpaired) electrons. The second-order valence-electron chi connectivity index (χ2n) is 4.50. The van der Waals surface area contributed by atoms with E-state index in [9.17, 15) is 5.11 Å². The normalized spacial score (nSPS) is 16.8. The number of aliphatic hydroxyl groups is 1. The Kier molecular flexibility index (Phi) is 3.07. The van der Waals surface area contributed by atoms with Crippen molar-refractivity contribution in [3.05, 3.63) is 41.2 Å². The quantitative estimate of drug-likeness (QED) is 0.923. The molecule has 1 saturated heterocycles. The molecule has 0 amide bonds. The van der Waals surface area contributed by atoms with Gasteiger partial charge in [-0.25, -0.2) is 4.98 Å². The molecule has 2 aromatic rings. The number of likely N-dealkylation sites (tertiary alicyclic amines) is 1. The van der Waals surface area contributed by atoms with Crippen LogP contribution in [0.2, 0.25) is 5.02 Å². The summed E-state index contributed by atoms with van der Waals surface area (Å²) in [6.07, 6.45) is 1.46. The molecule has 1 aliphatic heterocycles.